The van der Waals surface area contributed by atoms with E-state index in [9.17, 15) is 13.5 Å². The number of ether oxygens (including phenoxy) is 1. The summed E-state index contributed by atoms with van der Waals surface area (Å²) in [6.45, 7) is 2.24. The number of aryl methyl sites for hydroxylation is 1. The summed E-state index contributed by atoms with van der Waals surface area (Å²) in [6, 6.07) is 10.7. The lowest BCUT2D eigenvalue weighted by molar-refractivity contribution is 0.410. The molecule has 0 bridgehead atoms. The van der Waals surface area contributed by atoms with E-state index in [1.54, 1.807) is 6.07 Å². The predicted molar refractivity (Wildman–Crippen MR) is 120 cm³/mol. The van der Waals surface area contributed by atoms with Gasteiger partial charge >= 0.3 is 0 Å². The first-order valence-electron chi connectivity index (χ1n) is 11.0. The molecule has 0 radical (unpaired) electrons. The third-order valence-corrected chi connectivity index (χ3v) is 6.06. The summed E-state index contributed by atoms with van der Waals surface area (Å²) in [4.78, 5) is -0.200. The lowest BCUT2D eigenvalue weighted by atomic mass is 10.0. The Balaban J connectivity index is 1.76. The molecule has 0 aliphatic heterocycles. The van der Waals surface area contributed by atoms with Gasteiger partial charge in [-0.25, -0.2) is 0 Å². The molecule has 30 heavy (non-hydrogen) atoms. The average Bonchev–Trinajstić information content (AvgIpc) is 2.71. The second-order valence-electron chi connectivity index (χ2n) is 7.78. The van der Waals surface area contributed by atoms with Crippen molar-refractivity contribution in [3.8, 4) is 17.2 Å². The molecule has 2 rings (SSSR count). The number of phenols is 1. The number of phenolic OH excluding ortho intramolecular Hbond substituents is 1. The Morgan fingerprint density at radius 3 is 1.93 bits per heavy atom. The molecular formula is C24H34O5S. The summed E-state index contributed by atoms with van der Waals surface area (Å²) in [5.74, 6) is 0.744. The van der Waals surface area contributed by atoms with E-state index in [0.717, 1.165) is 18.4 Å². The van der Waals surface area contributed by atoms with Crippen LogP contribution in [-0.4, -0.2) is 18.1 Å². The van der Waals surface area contributed by atoms with Gasteiger partial charge in [-0.15, -0.1) is 0 Å². The molecule has 2 aromatic carbocycles. The lowest BCUT2D eigenvalue weighted by Crippen LogP contribution is -1.97. The standard InChI is InChI=1S/C24H34O5S/c1-2-3-4-5-6-7-8-9-10-11-12-20-13-18-23(25)24(19-20)29-21-14-16-22(17-15-21)30(26,27)28/h13-19,25H,2-12H2,1H3,(H,26,27,28). The largest absolute Gasteiger partial charge is 0.504 e. The maximum absolute atomic E-state index is 11.1. The first kappa shape index (κ1) is 24.2. The zero-order chi connectivity index (χ0) is 21.8. The molecule has 0 fully saturated rings. The van der Waals surface area contributed by atoms with Crippen molar-refractivity contribution in [3.63, 3.8) is 0 Å². The summed E-state index contributed by atoms with van der Waals surface area (Å²) in [5, 5.41) is 10.1. The zero-order valence-corrected chi connectivity index (χ0v) is 18.7. The smallest absolute Gasteiger partial charge is 0.294 e. The second kappa shape index (κ2) is 12.6. The van der Waals surface area contributed by atoms with Crippen LogP contribution in [-0.2, 0) is 16.5 Å². The van der Waals surface area contributed by atoms with Crippen LogP contribution in [0.2, 0.25) is 0 Å². The average molecular weight is 435 g/mol. The van der Waals surface area contributed by atoms with Gasteiger partial charge in [0.1, 0.15) is 5.75 Å². The molecule has 0 spiro atoms. The van der Waals surface area contributed by atoms with Crippen LogP contribution in [0.4, 0.5) is 0 Å². The van der Waals surface area contributed by atoms with Crippen molar-refractivity contribution in [3.05, 3.63) is 48.0 Å². The molecule has 166 valence electrons. The van der Waals surface area contributed by atoms with Gasteiger partial charge in [0.2, 0.25) is 0 Å². The third kappa shape index (κ3) is 8.76. The van der Waals surface area contributed by atoms with Gasteiger partial charge in [0, 0.05) is 0 Å². The first-order valence-corrected chi connectivity index (χ1v) is 12.4. The predicted octanol–water partition coefficient (Wildman–Crippen LogP) is 6.89. The van der Waals surface area contributed by atoms with Crippen molar-refractivity contribution in [1.29, 1.82) is 0 Å². The van der Waals surface area contributed by atoms with Crippen LogP contribution in [0, 0.1) is 0 Å². The van der Waals surface area contributed by atoms with E-state index in [4.69, 9.17) is 9.29 Å². The molecule has 0 saturated heterocycles. The van der Waals surface area contributed by atoms with Gasteiger partial charge in [-0.05, 0) is 54.8 Å². The molecule has 0 heterocycles. The van der Waals surface area contributed by atoms with Gasteiger partial charge < -0.3 is 9.84 Å². The highest BCUT2D eigenvalue weighted by Gasteiger charge is 2.10. The number of benzene rings is 2. The topological polar surface area (TPSA) is 83.8 Å². The summed E-state index contributed by atoms with van der Waals surface area (Å²) in [6.07, 6.45) is 13.8. The van der Waals surface area contributed by atoms with Gasteiger partial charge in [0.05, 0.1) is 4.90 Å². The van der Waals surface area contributed by atoms with Crippen molar-refractivity contribution in [2.45, 2.75) is 82.4 Å². The summed E-state index contributed by atoms with van der Waals surface area (Å²) >= 11 is 0. The van der Waals surface area contributed by atoms with E-state index in [1.807, 2.05) is 12.1 Å². The summed E-state index contributed by atoms with van der Waals surface area (Å²) in [7, 11) is -4.24. The minimum atomic E-state index is -4.24. The van der Waals surface area contributed by atoms with E-state index < -0.39 is 10.1 Å². The fourth-order valence-electron chi connectivity index (χ4n) is 3.42. The van der Waals surface area contributed by atoms with Crippen LogP contribution in [0.1, 0.15) is 76.7 Å². The van der Waals surface area contributed by atoms with E-state index in [0.29, 0.717) is 11.5 Å². The van der Waals surface area contributed by atoms with Crippen LogP contribution in [0.5, 0.6) is 17.2 Å². The third-order valence-electron chi connectivity index (χ3n) is 5.19. The van der Waals surface area contributed by atoms with Crippen LogP contribution in [0.3, 0.4) is 0 Å². The first-order chi connectivity index (χ1) is 14.4. The molecule has 6 heteroatoms. The SMILES string of the molecule is CCCCCCCCCCCCc1ccc(O)c(Oc2ccc(S(=O)(=O)O)cc2)c1. The van der Waals surface area contributed by atoms with Crippen molar-refractivity contribution >= 4 is 10.1 Å². The molecule has 0 amide bonds. The zero-order valence-electron chi connectivity index (χ0n) is 17.8. The number of aromatic hydroxyl groups is 1. The van der Waals surface area contributed by atoms with E-state index in [-0.39, 0.29) is 10.6 Å². The Kier molecular flexibility index (Phi) is 10.2. The molecule has 2 N–H and O–H groups in total. The van der Waals surface area contributed by atoms with Crippen LogP contribution >= 0.6 is 0 Å². The highest BCUT2D eigenvalue weighted by Crippen LogP contribution is 2.32. The minimum Gasteiger partial charge on any atom is -0.504 e. The quantitative estimate of drug-likeness (QED) is 0.250. The molecule has 0 aliphatic rings. The molecule has 0 saturated carbocycles. The van der Waals surface area contributed by atoms with Crippen LogP contribution < -0.4 is 4.74 Å². The second-order valence-corrected chi connectivity index (χ2v) is 9.20. The Hall–Kier alpha value is -2.05. The van der Waals surface area contributed by atoms with Crippen LogP contribution in [0.25, 0.3) is 0 Å². The highest BCUT2D eigenvalue weighted by molar-refractivity contribution is 7.85. The Labute approximate surface area is 180 Å². The van der Waals surface area contributed by atoms with E-state index in [1.165, 1.54) is 82.1 Å². The molecular weight excluding hydrogens is 400 g/mol. The molecule has 2 aromatic rings. The van der Waals surface area contributed by atoms with Gasteiger partial charge in [-0.3, -0.25) is 4.55 Å². The van der Waals surface area contributed by atoms with Gasteiger partial charge in [-0.2, -0.15) is 8.42 Å². The normalized spacial score (nSPS) is 11.5. The molecule has 0 unspecified atom stereocenters. The van der Waals surface area contributed by atoms with Crippen molar-refractivity contribution in [2.75, 3.05) is 0 Å². The maximum Gasteiger partial charge on any atom is 0.294 e. The molecule has 0 aliphatic carbocycles. The number of rotatable bonds is 14. The molecule has 0 aromatic heterocycles. The summed E-state index contributed by atoms with van der Waals surface area (Å²) in [5.41, 5.74) is 1.09. The van der Waals surface area contributed by atoms with Crippen molar-refractivity contribution < 1.29 is 22.8 Å². The van der Waals surface area contributed by atoms with E-state index >= 15 is 0 Å². The van der Waals surface area contributed by atoms with Gasteiger partial charge in [-0.1, -0.05) is 70.8 Å². The fourth-order valence-corrected chi connectivity index (χ4v) is 3.90. The minimum absolute atomic E-state index is 0.0284. The number of hydrogen-bond donors (Lipinski definition) is 2. The highest BCUT2D eigenvalue weighted by atomic mass is 32.2. The van der Waals surface area contributed by atoms with Crippen molar-refractivity contribution in [2.24, 2.45) is 0 Å². The Morgan fingerprint density at radius 1 is 0.800 bits per heavy atom. The lowest BCUT2D eigenvalue weighted by Gasteiger charge is -2.10. The van der Waals surface area contributed by atoms with Gasteiger partial charge in [0.15, 0.2) is 11.5 Å². The number of unbranched alkanes of at least 4 members (excludes halogenated alkanes) is 9. The molecule has 5 nitrogen and oxygen atoms in total. The summed E-state index contributed by atoms with van der Waals surface area (Å²) < 4.78 is 37.0. The monoisotopic (exact) mass is 434 g/mol. The molecule has 0 atom stereocenters. The van der Waals surface area contributed by atoms with Gasteiger partial charge in [0.25, 0.3) is 10.1 Å². The van der Waals surface area contributed by atoms with Crippen molar-refractivity contribution in [1.82, 2.24) is 0 Å². The van der Waals surface area contributed by atoms with Crippen LogP contribution in [0.15, 0.2) is 47.4 Å². The number of hydrogen-bond acceptors (Lipinski definition) is 4. The Bertz CT molecular complexity index is 860. The van der Waals surface area contributed by atoms with E-state index in [2.05, 4.69) is 6.92 Å². The Morgan fingerprint density at radius 2 is 1.37 bits per heavy atom. The fraction of sp³-hybridized carbons (Fsp3) is 0.500. The maximum atomic E-state index is 11.1.